The molecule has 1 amide bonds. The van der Waals surface area contributed by atoms with Crippen LogP contribution in [0.25, 0.3) is 0 Å². The number of amides is 1. The highest BCUT2D eigenvalue weighted by atomic mass is 35.5. The van der Waals surface area contributed by atoms with E-state index in [2.05, 4.69) is 5.32 Å². The van der Waals surface area contributed by atoms with Crippen molar-refractivity contribution in [1.29, 1.82) is 0 Å². The number of carbonyl (C=O) groups excluding carboxylic acids is 1. The first-order valence-electron chi connectivity index (χ1n) is 6.52. The van der Waals surface area contributed by atoms with Gasteiger partial charge in [-0.3, -0.25) is 4.79 Å². The van der Waals surface area contributed by atoms with E-state index in [4.69, 9.17) is 23.2 Å². The van der Waals surface area contributed by atoms with Crippen molar-refractivity contribution < 1.29 is 9.90 Å². The molecule has 0 bridgehead atoms. The Kier molecular flexibility index (Phi) is 5.08. The van der Waals surface area contributed by atoms with Crippen LogP contribution in [-0.2, 0) is 0 Å². The van der Waals surface area contributed by atoms with E-state index >= 15 is 0 Å². The van der Waals surface area contributed by atoms with Crippen LogP contribution in [0, 0.1) is 0 Å². The second kappa shape index (κ2) is 6.60. The van der Waals surface area contributed by atoms with Gasteiger partial charge in [-0.15, -0.1) is 0 Å². The summed E-state index contributed by atoms with van der Waals surface area (Å²) in [7, 11) is 0. The van der Waals surface area contributed by atoms with E-state index in [0.29, 0.717) is 10.0 Å². The summed E-state index contributed by atoms with van der Waals surface area (Å²) in [5, 5.41) is 13.5. The van der Waals surface area contributed by atoms with Gasteiger partial charge in [-0.25, -0.2) is 0 Å². The van der Waals surface area contributed by atoms with Crippen molar-refractivity contribution in [2.75, 3.05) is 0 Å². The minimum Gasteiger partial charge on any atom is -0.391 e. The van der Waals surface area contributed by atoms with Crippen molar-refractivity contribution in [3.8, 4) is 0 Å². The number of halogens is 2. The molecule has 0 saturated heterocycles. The summed E-state index contributed by atoms with van der Waals surface area (Å²) in [6.07, 6.45) is 4.12. The maximum absolute atomic E-state index is 12.2. The van der Waals surface area contributed by atoms with E-state index in [1.807, 2.05) is 0 Å². The Hall–Kier alpha value is -0.770. The van der Waals surface area contributed by atoms with Crippen LogP contribution >= 0.6 is 23.2 Å². The molecule has 0 aliphatic heterocycles. The Labute approximate surface area is 122 Å². The lowest BCUT2D eigenvalue weighted by Crippen LogP contribution is -2.42. The molecule has 1 aromatic rings. The summed E-state index contributed by atoms with van der Waals surface area (Å²) in [6.45, 7) is 0. The first-order valence-corrected chi connectivity index (χ1v) is 7.28. The average Bonchev–Trinajstić information content (AvgIpc) is 2.55. The van der Waals surface area contributed by atoms with Gasteiger partial charge < -0.3 is 10.4 Å². The smallest absolute Gasteiger partial charge is 0.254 e. The van der Waals surface area contributed by atoms with Gasteiger partial charge in [0.25, 0.3) is 5.91 Å². The van der Waals surface area contributed by atoms with Crippen LogP contribution in [0.15, 0.2) is 18.2 Å². The molecule has 1 saturated carbocycles. The van der Waals surface area contributed by atoms with E-state index < -0.39 is 6.10 Å². The number of rotatable bonds is 2. The zero-order valence-corrected chi connectivity index (χ0v) is 12.0. The van der Waals surface area contributed by atoms with Crippen LogP contribution < -0.4 is 5.32 Å². The number of aliphatic hydroxyl groups is 1. The highest BCUT2D eigenvalue weighted by Crippen LogP contribution is 2.25. The van der Waals surface area contributed by atoms with Gasteiger partial charge in [0.2, 0.25) is 0 Å². The maximum Gasteiger partial charge on any atom is 0.254 e. The van der Waals surface area contributed by atoms with Gasteiger partial charge in [0, 0.05) is 0 Å². The topological polar surface area (TPSA) is 49.3 Å². The van der Waals surface area contributed by atoms with Crippen LogP contribution in [-0.4, -0.2) is 23.2 Å². The largest absolute Gasteiger partial charge is 0.391 e. The molecule has 2 atom stereocenters. The number of benzene rings is 1. The molecule has 0 aromatic heterocycles. The van der Waals surface area contributed by atoms with Crippen molar-refractivity contribution in [2.24, 2.45) is 0 Å². The van der Waals surface area contributed by atoms with Gasteiger partial charge in [-0.05, 0) is 25.0 Å². The molecule has 1 aliphatic rings. The molecular weight excluding hydrogens is 285 g/mol. The van der Waals surface area contributed by atoms with Crippen LogP contribution in [0.3, 0.4) is 0 Å². The Morgan fingerprint density at radius 3 is 2.47 bits per heavy atom. The zero-order chi connectivity index (χ0) is 13.8. The lowest BCUT2D eigenvalue weighted by Gasteiger charge is -2.22. The normalized spacial score (nSPS) is 23.7. The van der Waals surface area contributed by atoms with Crippen molar-refractivity contribution in [2.45, 2.75) is 44.2 Å². The summed E-state index contributed by atoms with van der Waals surface area (Å²) in [5.74, 6) is -0.318. The number of hydrogen-bond acceptors (Lipinski definition) is 2. The maximum atomic E-state index is 12.2. The molecule has 2 unspecified atom stereocenters. The second-order valence-electron chi connectivity index (χ2n) is 4.88. The third-order valence-electron chi connectivity index (χ3n) is 3.49. The molecule has 1 aromatic carbocycles. The highest BCUT2D eigenvalue weighted by molar-refractivity contribution is 6.39. The van der Waals surface area contributed by atoms with Crippen molar-refractivity contribution in [3.63, 3.8) is 0 Å². The standard InChI is InChI=1S/C14H17Cl2NO2/c15-9-5-4-6-10(16)13(9)14(19)17-11-7-2-1-3-8-12(11)18/h4-6,11-12,18H,1-3,7-8H2,(H,17,19). The van der Waals surface area contributed by atoms with E-state index in [1.165, 1.54) is 0 Å². The number of aliphatic hydroxyl groups excluding tert-OH is 1. The van der Waals surface area contributed by atoms with Crippen molar-refractivity contribution in [1.82, 2.24) is 5.32 Å². The average molecular weight is 302 g/mol. The Balaban J connectivity index is 2.12. The van der Waals surface area contributed by atoms with Gasteiger partial charge in [0.05, 0.1) is 27.8 Å². The molecule has 104 valence electrons. The fraction of sp³-hybridized carbons (Fsp3) is 0.500. The molecule has 2 N–H and O–H groups in total. The van der Waals surface area contributed by atoms with Crippen LogP contribution in [0.2, 0.25) is 10.0 Å². The molecule has 0 heterocycles. The fourth-order valence-electron chi connectivity index (χ4n) is 2.41. The lowest BCUT2D eigenvalue weighted by atomic mass is 10.1. The summed E-state index contributed by atoms with van der Waals surface area (Å²) in [6, 6.07) is 4.74. The summed E-state index contributed by atoms with van der Waals surface area (Å²) in [4.78, 5) is 12.2. The quantitative estimate of drug-likeness (QED) is 0.822. The zero-order valence-electron chi connectivity index (χ0n) is 10.5. The van der Waals surface area contributed by atoms with E-state index in [9.17, 15) is 9.90 Å². The SMILES string of the molecule is O=C(NC1CCCCCC1O)c1c(Cl)cccc1Cl. The molecule has 3 nitrogen and oxygen atoms in total. The van der Waals surface area contributed by atoms with E-state index in [1.54, 1.807) is 18.2 Å². The first-order chi connectivity index (χ1) is 9.09. The van der Waals surface area contributed by atoms with Crippen molar-refractivity contribution >= 4 is 29.1 Å². The van der Waals surface area contributed by atoms with Gasteiger partial charge in [-0.1, -0.05) is 48.5 Å². The lowest BCUT2D eigenvalue weighted by molar-refractivity contribution is 0.0819. The molecule has 1 aliphatic carbocycles. The highest BCUT2D eigenvalue weighted by Gasteiger charge is 2.25. The van der Waals surface area contributed by atoms with E-state index in [-0.39, 0.29) is 17.5 Å². The van der Waals surface area contributed by atoms with Gasteiger partial charge >= 0.3 is 0 Å². The fourth-order valence-corrected chi connectivity index (χ4v) is 2.98. The van der Waals surface area contributed by atoms with E-state index in [0.717, 1.165) is 32.1 Å². The number of nitrogens with one attached hydrogen (secondary N) is 1. The molecular formula is C14H17Cl2NO2. The number of carbonyl (C=O) groups is 1. The minimum absolute atomic E-state index is 0.220. The van der Waals surface area contributed by atoms with Gasteiger partial charge in [0.1, 0.15) is 0 Å². The third kappa shape index (κ3) is 3.62. The predicted octanol–water partition coefficient (Wildman–Crippen LogP) is 3.42. The van der Waals surface area contributed by atoms with Crippen LogP contribution in [0.4, 0.5) is 0 Å². The van der Waals surface area contributed by atoms with Gasteiger partial charge in [-0.2, -0.15) is 0 Å². The monoisotopic (exact) mass is 301 g/mol. The molecule has 5 heteroatoms. The molecule has 2 rings (SSSR count). The third-order valence-corrected chi connectivity index (χ3v) is 4.12. The number of hydrogen-bond donors (Lipinski definition) is 2. The van der Waals surface area contributed by atoms with Crippen LogP contribution in [0.1, 0.15) is 42.5 Å². The molecule has 1 fully saturated rings. The van der Waals surface area contributed by atoms with Gasteiger partial charge in [0.15, 0.2) is 0 Å². The molecule has 0 radical (unpaired) electrons. The van der Waals surface area contributed by atoms with Crippen molar-refractivity contribution in [3.05, 3.63) is 33.8 Å². The second-order valence-corrected chi connectivity index (χ2v) is 5.70. The Morgan fingerprint density at radius 1 is 1.16 bits per heavy atom. The summed E-state index contributed by atoms with van der Waals surface area (Å²) in [5.41, 5.74) is 0.280. The minimum atomic E-state index is -0.493. The first kappa shape index (κ1) is 14.6. The van der Waals surface area contributed by atoms with Crippen LogP contribution in [0.5, 0.6) is 0 Å². The predicted molar refractivity (Wildman–Crippen MR) is 76.8 cm³/mol. The summed E-state index contributed by atoms with van der Waals surface area (Å²) >= 11 is 12.0. The molecule has 0 spiro atoms. The Morgan fingerprint density at radius 2 is 1.79 bits per heavy atom. The molecule has 19 heavy (non-hydrogen) atoms. The Bertz CT molecular complexity index is 445. The summed E-state index contributed by atoms with van der Waals surface area (Å²) < 4.78 is 0.